The van der Waals surface area contributed by atoms with Crippen molar-refractivity contribution in [3.63, 3.8) is 0 Å². The second kappa shape index (κ2) is 9.67. The highest BCUT2D eigenvalue weighted by atomic mass is 19.1. The Morgan fingerprint density at radius 3 is 2.42 bits per heavy atom. The summed E-state index contributed by atoms with van der Waals surface area (Å²) in [5, 5.41) is 4.09. The topological polar surface area (TPSA) is 46.8 Å². The van der Waals surface area contributed by atoms with E-state index >= 15 is 0 Å². The third-order valence-corrected chi connectivity index (χ3v) is 6.03. The Morgan fingerprint density at radius 1 is 1.06 bits per heavy atom. The second-order valence-corrected chi connectivity index (χ2v) is 8.57. The largest absolute Gasteiger partial charge is 0.392 e. The highest BCUT2D eigenvalue weighted by Gasteiger charge is 2.18. The van der Waals surface area contributed by atoms with E-state index in [1.54, 1.807) is 12.3 Å². The van der Waals surface area contributed by atoms with Crippen molar-refractivity contribution in [2.75, 3.05) is 20.1 Å². The highest BCUT2D eigenvalue weighted by Crippen LogP contribution is 2.26. The van der Waals surface area contributed by atoms with E-state index in [0.717, 1.165) is 48.8 Å². The molecular formula is C26H27F2N3O2. The van der Waals surface area contributed by atoms with Crippen molar-refractivity contribution in [2.45, 2.75) is 32.8 Å². The van der Waals surface area contributed by atoms with Gasteiger partial charge in [-0.05, 0) is 63.1 Å². The number of aromatic nitrogens is 1. The summed E-state index contributed by atoms with van der Waals surface area (Å²) in [6.45, 7) is 5.69. The van der Waals surface area contributed by atoms with Crippen LogP contribution in [0.3, 0.4) is 0 Å². The Morgan fingerprint density at radius 2 is 1.76 bits per heavy atom. The zero-order valence-corrected chi connectivity index (χ0v) is 19.0. The Hall–Kier alpha value is -3.32. The fourth-order valence-electron chi connectivity index (χ4n) is 4.18. The number of nitrogens with zero attached hydrogens (tertiary/aromatic N) is 3. The lowest BCUT2D eigenvalue weighted by molar-refractivity contribution is 0.0170. The van der Waals surface area contributed by atoms with Gasteiger partial charge in [-0.3, -0.25) is 9.36 Å². The molecule has 0 radical (unpaired) electrons. The molecule has 1 aromatic heterocycles. The molecule has 1 fully saturated rings. The molecule has 0 atom stereocenters. The maximum absolute atomic E-state index is 14.6. The van der Waals surface area contributed by atoms with Crippen molar-refractivity contribution < 1.29 is 13.6 Å². The van der Waals surface area contributed by atoms with Gasteiger partial charge in [0.15, 0.2) is 0 Å². The SMILES string of the molecule is Cc1cccc(C)c1-n1cc(-c2ccc(F)cc2F)cc(/C=N/OC2CCN(C)CC2)c1=O. The Balaban J connectivity index is 1.78. The van der Waals surface area contributed by atoms with E-state index in [4.69, 9.17) is 4.84 Å². The van der Waals surface area contributed by atoms with E-state index in [1.807, 2.05) is 32.0 Å². The van der Waals surface area contributed by atoms with E-state index < -0.39 is 11.6 Å². The summed E-state index contributed by atoms with van der Waals surface area (Å²) < 4.78 is 29.6. The van der Waals surface area contributed by atoms with Gasteiger partial charge in [0.25, 0.3) is 5.56 Å². The molecular weight excluding hydrogens is 424 g/mol. The Labute approximate surface area is 191 Å². The van der Waals surface area contributed by atoms with Gasteiger partial charge in [0.1, 0.15) is 17.7 Å². The van der Waals surface area contributed by atoms with Crippen LogP contribution in [0.4, 0.5) is 8.78 Å². The van der Waals surface area contributed by atoms with Crippen molar-refractivity contribution in [2.24, 2.45) is 5.16 Å². The van der Waals surface area contributed by atoms with E-state index in [9.17, 15) is 13.6 Å². The molecule has 0 bridgehead atoms. The van der Waals surface area contributed by atoms with Gasteiger partial charge < -0.3 is 9.74 Å². The van der Waals surface area contributed by atoms with Crippen molar-refractivity contribution in [1.82, 2.24) is 9.47 Å². The zero-order valence-electron chi connectivity index (χ0n) is 19.0. The fraction of sp³-hybridized carbons (Fsp3) is 0.308. The molecule has 33 heavy (non-hydrogen) atoms. The Bertz CT molecular complexity index is 1220. The maximum Gasteiger partial charge on any atom is 0.264 e. The van der Waals surface area contributed by atoms with Crippen LogP contribution in [0, 0.1) is 25.5 Å². The van der Waals surface area contributed by atoms with Gasteiger partial charge in [-0.25, -0.2) is 8.78 Å². The summed E-state index contributed by atoms with van der Waals surface area (Å²) in [5.41, 5.74) is 3.12. The third kappa shape index (κ3) is 5.03. The molecule has 1 aliphatic heterocycles. The maximum atomic E-state index is 14.6. The number of aryl methyl sites for hydroxylation is 2. The predicted octanol–water partition coefficient (Wildman–Crippen LogP) is 4.84. The molecule has 1 aliphatic rings. The van der Waals surface area contributed by atoms with Crippen LogP contribution in [0.5, 0.6) is 0 Å². The fourth-order valence-corrected chi connectivity index (χ4v) is 4.18. The van der Waals surface area contributed by atoms with Crippen LogP contribution in [0.25, 0.3) is 16.8 Å². The lowest BCUT2D eigenvalue weighted by atomic mass is 10.0. The first-order chi connectivity index (χ1) is 15.8. The van der Waals surface area contributed by atoms with Crippen LogP contribution >= 0.6 is 0 Å². The average Bonchev–Trinajstić information content (AvgIpc) is 2.77. The first-order valence-electron chi connectivity index (χ1n) is 11.0. The molecule has 0 unspecified atom stereocenters. The standard InChI is InChI=1S/C26H27F2N3O2/c1-17-5-4-6-18(2)25(17)31-16-20(23-8-7-21(27)14-24(23)28)13-19(26(31)32)15-29-33-22-9-11-30(3)12-10-22/h4-8,13-16,22H,9-12H2,1-3H3/b29-15+. The number of hydrogen-bond donors (Lipinski definition) is 0. The minimum atomic E-state index is -0.702. The number of piperidine rings is 1. The zero-order chi connectivity index (χ0) is 23.5. The smallest absolute Gasteiger partial charge is 0.264 e. The van der Waals surface area contributed by atoms with Gasteiger partial charge in [0.05, 0.1) is 17.5 Å². The van der Waals surface area contributed by atoms with Gasteiger partial charge in [-0.1, -0.05) is 23.4 Å². The number of para-hydroxylation sites is 1. The average molecular weight is 452 g/mol. The summed E-state index contributed by atoms with van der Waals surface area (Å²) in [4.78, 5) is 21.2. The summed E-state index contributed by atoms with van der Waals surface area (Å²) >= 11 is 0. The van der Waals surface area contributed by atoms with Gasteiger partial charge in [0.2, 0.25) is 0 Å². The second-order valence-electron chi connectivity index (χ2n) is 8.57. The molecule has 5 nitrogen and oxygen atoms in total. The quantitative estimate of drug-likeness (QED) is 0.412. The summed E-state index contributed by atoms with van der Waals surface area (Å²) in [6.07, 6.45) is 4.69. The summed E-state index contributed by atoms with van der Waals surface area (Å²) in [6, 6.07) is 10.7. The first kappa shape index (κ1) is 22.9. The molecule has 0 saturated carbocycles. The van der Waals surface area contributed by atoms with Crippen LogP contribution < -0.4 is 5.56 Å². The molecule has 1 saturated heterocycles. The summed E-state index contributed by atoms with van der Waals surface area (Å²) in [7, 11) is 2.07. The lowest BCUT2D eigenvalue weighted by Crippen LogP contribution is -2.33. The normalized spacial score (nSPS) is 15.3. The molecule has 0 aliphatic carbocycles. The molecule has 4 rings (SSSR count). The number of rotatable bonds is 5. The number of hydrogen-bond acceptors (Lipinski definition) is 4. The number of benzene rings is 2. The first-order valence-corrected chi connectivity index (χ1v) is 11.0. The minimum Gasteiger partial charge on any atom is -0.392 e. The number of oxime groups is 1. The van der Waals surface area contributed by atoms with Crippen molar-refractivity contribution in [3.8, 4) is 16.8 Å². The van der Waals surface area contributed by atoms with E-state index in [0.29, 0.717) is 5.56 Å². The van der Waals surface area contributed by atoms with Crippen molar-refractivity contribution in [3.05, 3.63) is 87.3 Å². The van der Waals surface area contributed by atoms with Crippen LogP contribution in [0.15, 0.2) is 58.6 Å². The Kier molecular flexibility index (Phi) is 6.70. The predicted molar refractivity (Wildman–Crippen MR) is 126 cm³/mol. The molecule has 172 valence electrons. The van der Waals surface area contributed by atoms with E-state index in [-0.39, 0.29) is 22.8 Å². The number of likely N-dealkylation sites (tertiary alicyclic amines) is 1. The third-order valence-electron chi connectivity index (χ3n) is 6.03. The van der Waals surface area contributed by atoms with Crippen molar-refractivity contribution >= 4 is 6.21 Å². The van der Waals surface area contributed by atoms with Crippen LogP contribution in [0.1, 0.15) is 29.5 Å². The summed E-state index contributed by atoms with van der Waals surface area (Å²) in [5.74, 6) is -1.36. The van der Waals surface area contributed by atoms with Gasteiger partial charge in [-0.15, -0.1) is 0 Å². The van der Waals surface area contributed by atoms with E-state index in [2.05, 4.69) is 17.1 Å². The monoisotopic (exact) mass is 451 g/mol. The molecule has 0 N–H and O–H groups in total. The highest BCUT2D eigenvalue weighted by molar-refractivity contribution is 5.82. The van der Waals surface area contributed by atoms with Crippen LogP contribution in [-0.4, -0.2) is 41.9 Å². The van der Waals surface area contributed by atoms with E-state index in [1.165, 1.54) is 22.9 Å². The number of halogens is 2. The number of pyridine rings is 1. The minimum absolute atomic E-state index is 0.00369. The lowest BCUT2D eigenvalue weighted by Gasteiger charge is -2.27. The molecule has 7 heteroatoms. The van der Waals surface area contributed by atoms with Crippen LogP contribution in [-0.2, 0) is 4.84 Å². The molecule has 3 aromatic rings. The van der Waals surface area contributed by atoms with Gasteiger partial charge >= 0.3 is 0 Å². The molecule has 2 heterocycles. The molecule has 0 spiro atoms. The van der Waals surface area contributed by atoms with Crippen molar-refractivity contribution in [1.29, 1.82) is 0 Å². The van der Waals surface area contributed by atoms with Crippen LogP contribution in [0.2, 0.25) is 0 Å². The molecule has 2 aromatic carbocycles. The molecule has 0 amide bonds. The van der Waals surface area contributed by atoms with Gasteiger partial charge in [0, 0.05) is 36.5 Å². The van der Waals surface area contributed by atoms with Gasteiger partial charge in [-0.2, -0.15) is 0 Å².